The van der Waals surface area contributed by atoms with Crippen LogP contribution in [0.5, 0.6) is 5.75 Å². The zero-order valence-corrected chi connectivity index (χ0v) is 8.80. The number of hydrogen-bond donors (Lipinski definition) is 2. The monoisotopic (exact) mass is 222 g/mol. The Morgan fingerprint density at radius 2 is 2.25 bits per heavy atom. The summed E-state index contributed by atoms with van der Waals surface area (Å²) < 4.78 is 5.49. The largest absolute Gasteiger partial charge is 0.493 e. The molecule has 4 heteroatoms. The van der Waals surface area contributed by atoms with E-state index < -0.39 is 12.1 Å². The van der Waals surface area contributed by atoms with Gasteiger partial charge in [-0.05, 0) is 18.1 Å². The van der Waals surface area contributed by atoms with Crippen molar-refractivity contribution in [3.8, 4) is 5.75 Å². The van der Waals surface area contributed by atoms with Crippen molar-refractivity contribution in [2.45, 2.75) is 18.9 Å². The van der Waals surface area contributed by atoms with Gasteiger partial charge in [0.2, 0.25) is 0 Å². The van der Waals surface area contributed by atoms with E-state index >= 15 is 0 Å². The first-order valence-corrected chi connectivity index (χ1v) is 5.27. The van der Waals surface area contributed by atoms with Gasteiger partial charge in [-0.1, -0.05) is 18.2 Å². The van der Waals surface area contributed by atoms with Gasteiger partial charge in [-0.2, -0.15) is 0 Å². The van der Waals surface area contributed by atoms with E-state index in [1.165, 1.54) is 0 Å². The molecule has 0 saturated heterocycles. The zero-order valence-electron chi connectivity index (χ0n) is 8.80. The second-order valence-electron chi connectivity index (χ2n) is 4.05. The van der Waals surface area contributed by atoms with Gasteiger partial charge in [-0.25, -0.2) is 0 Å². The van der Waals surface area contributed by atoms with E-state index in [1.54, 1.807) is 0 Å². The van der Waals surface area contributed by atoms with E-state index in [1.807, 2.05) is 24.3 Å². The van der Waals surface area contributed by atoms with E-state index in [2.05, 4.69) is 0 Å². The third-order valence-corrected chi connectivity index (χ3v) is 2.84. The summed E-state index contributed by atoms with van der Waals surface area (Å²) in [6.45, 7) is 0.380. The molecule has 1 aromatic carbocycles. The van der Waals surface area contributed by atoms with Crippen LogP contribution in [-0.2, 0) is 11.2 Å². The molecule has 0 amide bonds. The van der Waals surface area contributed by atoms with Gasteiger partial charge in [0.25, 0.3) is 0 Å². The predicted molar refractivity (Wildman–Crippen MR) is 57.4 cm³/mol. The Bertz CT molecular complexity index is 388. The summed E-state index contributed by atoms with van der Waals surface area (Å²) in [5.74, 6) is -0.279. The van der Waals surface area contributed by atoms with Crippen LogP contribution in [0.1, 0.15) is 12.0 Å². The quantitative estimate of drug-likeness (QED) is 0.802. The molecule has 86 valence electrons. The van der Waals surface area contributed by atoms with Gasteiger partial charge < -0.3 is 14.9 Å². The first-order chi connectivity index (χ1) is 7.66. The van der Waals surface area contributed by atoms with Crippen molar-refractivity contribution in [1.29, 1.82) is 0 Å². The Morgan fingerprint density at radius 1 is 1.50 bits per heavy atom. The van der Waals surface area contributed by atoms with Crippen molar-refractivity contribution in [2.75, 3.05) is 6.61 Å². The average Bonchev–Trinajstić information content (AvgIpc) is 2.27. The van der Waals surface area contributed by atoms with Crippen LogP contribution >= 0.6 is 0 Å². The van der Waals surface area contributed by atoms with Crippen molar-refractivity contribution < 1.29 is 19.7 Å². The highest BCUT2D eigenvalue weighted by molar-refractivity contribution is 5.67. The molecule has 1 aliphatic rings. The Morgan fingerprint density at radius 3 is 3.00 bits per heavy atom. The number of aliphatic hydroxyl groups excluding tert-OH is 1. The molecule has 2 rings (SSSR count). The lowest BCUT2D eigenvalue weighted by molar-refractivity contribution is -0.140. The molecule has 1 heterocycles. The van der Waals surface area contributed by atoms with Gasteiger partial charge >= 0.3 is 5.97 Å². The van der Waals surface area contributed by atoms with Crippen LogP contribution in [0.2, 0.25) is 0 Å². The van der Waals surface area contributed by atoms with E-state index in [0.29, 0.717) is 13.0 Å². The third kappa shape index (κ3) is 2.33. The number of hydrogen-bond acceptors (Lipinski definition) is 3. The lowest BCUT2D eigenvalue weighted by Gasteiger charge is -2.28. The van der Waals surface area contributed by atoms with Gasteiger partial charge in [0.1, 0.15) is 5.75 Å². The number of aliphatic hydroxyl groups is 1. The molecule has 2 N–H and O–H groups in total. The highest BCUT2D eigenvalue weighted by Gasteiger charge is 2.27. The Balaban J connectivity index is 2.05. The summed E-state index contributed by atoms with van der Waals surface area (Å²) in [5, 5.41) is 18.3. The smallest absolute Gasteiger partial charge is 0.305 e. The molecule has 0 aromatic heterocycles. The van der Waals surface area contributed by atoms with E-state index in [0.717, 1.165) is 11.3 Å². The molecule has 1 aliphatic heterocycles. The number of carbonyl (C=O) groups is 1. The molecule has 1 aromatic rings. The zero-order chi connectivity index (χ0) is 11.5. The number of benzene rings is 1. The predicted octanol–water partition coefficient (Wildman–Crippen LogP) is 1.07. The summed E-state index contributed by atoms with van der Waals surface area (Å²) in [5.41, 5.74) is 1.03. The second kappa shape index (κ2) is 4.53. The molecule has 0 spiro atoms. The molecule has 2 unspecified atom stereocenters. The Labute approximate surface area is 93.5 Å². The van der Waals surface area contributed by atoms with Crippen LogP contribution in [0.3, 0.4) is 0 Å². The van der Waals surface area contributed by atoms with Crippen LogP contribution in [0.4, 0.5) is 0 Å². The maximum absolute atomic E-state index is 10.5. The normalized spacial score (nSPS) is 20.7. The van der Waals surface area contributed by atoms with Crippen LogP contribution in [0, 0.1) is 5.92 Å². The fourth-order valence-electron chi connectivity index (χ4n) is 1.94. The maximum atomic E-state index is 10.5. The van der Waals surface area contributed by atoms with Crippen molar-refractivity contribution in [3.05, 3.63) is 29.8 Å². The summed E-state index contributed by atoms with van der Waals surface area (Å²) in [4.78, 5) is 10.5. The lowest BCUT2D eigenvalue weighted by atomic mass is 9.90. The third-order valence-electron chi connectivity index (χ3n) is 2.84. The number of carboxylic acid groups (broad SMARTS) is 1. The number of carboxylic acids is 1. The number of ether oxygens (including phenoxy) is 1. The van der Waals surface area contributed by atoms with Crippen LogP contribution in [0.25, 0.3) is 0 Å². The van der Waals surface area contributed by atoms with Crippen molar-refractivity contribution in [1.82, 2.24) is 0 Å². The molecule has 0 aliphatic carbocycles. The van der Waals surface area contributed by atoms with Gasteiger partial charge in [0.05, 0.1) is 19.1 Å². The summed E-state index contributed by atoms with van der Waals surface area (Å²) >= 11 is 0. The molecule has 4 nitrogen and oxygen atoms in total. The lowest BCUT2D eigenvalue weighted by Crippen LogP contribution is -2.33. The molecular formula is C12H14O4. The molecule has 16 heavy (non-hydrogen) atoms. The van der Waals surface area contributed by atoms with Crippen LogP contribution in [-0.4, -0.2) is 28.9 Å². The van der Waals surface area contributed by atoms with Gasteiger partial charge in [-0.15, -0.1) is 0 Å². The first kappa shape index (κ1) is 11.0. The van der Waals surface area contributed by atoms with E-state index in [-0.39, 0.29) is 12.3 Å². The van der Waals surface area contributed by atoms with Crippen molar-refractivity contribution in [3.63, 3.8) is 0 Å². The van der Waals surface area contributed by atoms with E-state index in [4.69, 9.17) is 9.84 Å². The Hall–Kier alpha value is -1.55. The highest BCUT2D eigenvalue weighted by Crippen LogP contribution is 2.28. The summed E-state index contributed by atoms with van der Waals surface area (Å²) in [6.07, 6.45) is -0.397. The summed E-state index contributed by atoms with van der Waals surface area (Å²) in [7, 11) is 0. The van der Waals surface area contributed by atoms with Gasteiger partial charge in [0, 0.05) is 5.92 Å². The standard InChI is InChI=1S/C12H14O4/c13-10(6-12(14)15)9-5-8-3-1-2-4-11(8)16-7-9/h1-4,9-10,13H,5-7H2,(H,14,15). The number of fused-ring (bicyclic) bond motifs is 1. The van der Waals surface area contributed by atoms with Crippen LogP contribution in [0.15, 0.2) is 24.3 Å². The van der Waals surface area contributed by atoms with E-state index in [9.17, 15) is 9.90 Å². The number of rotatable bonds is 3. The molecular weight excluding hydrogens is 208 g/mol. The molecule has 0 fully saturated rings. The summed E-state index contributed by atoms with van der Waals surface area (Å²) in [6, 6.07) is 7.63. The fraction of sp³-hybridized carbons (Fsp3) is 0.417. The number of aliphatic carboxylic acids is 1. The van der Waals surface area contributed by atoms with Crippen molar-refractivity contribution in [2.24, 2.45) is 5.92 Å². The molecule has 0 saturated carbocycles. The SMILES string of the molecule is O=C(O)CC(O)C1COc2ccccc2C1. The first-order valence-electron chi connectivity index (χ1n) is 5.27. The maximum Gasteiger partial charge on any atom is 0.305 e. The van der Waals surface area contributed by atoms with Gasteiger partial charge in [-0.3, -0.25) is 4.79 Å². The minimum absolute atomic E-state index is 0.133. The molecule has 2 atom stereocenters. The highest BCUT2D eigenvalue weighted by atomic mass is 16.5. The van der Waals surface area contributed by atoms with Crippen molar-refractivity contribution >= 4 is 5.97 Å². The Kier molecular flexibility index (Phi) is 3.10. The number of para-hydroxylation sites is 1. The molecule has 0 bridgehead atoms. The fourth-order valence-corrected chi connectivity index (χ4v) is 1.94. The van der Waals surface area contributed by atoms with Crippen LogP contribution < -0.4 is 4.74 Å². The second-order valence-corrected chi connectivity index (χ2v) is 4.05. The molecule has 0 radical (unpaired) electrons. The van der Waals surface area contributed by atoms with Gasteiger partial charge in [0.15, 0.2) is 0 Å². The average molecular weight is 222 g/mol. The minimum atomic E-state index is -0.980. The topological polar surface area (TPSA) is 66.8 Å². The minimum Gasteiger partial charge on any atom is -0.493 e.